The Labute approximate surface area is 206 Å². The molecule has 0 saturated carbocycles. The first-order valence-corrected chi connectivity index (χ1v) is 11.8. The molecule has 4 aromatic rings. The Balaban J connectivity index is 1.52. The van der Waals surface area contributed by atoms with Crippen molar-refractivity contribution in [2.75, 3.05) is 18.5 Å². The lowest BCUT2D eigenvalue weighted by molar-refractivity contribution is -0.116. The molecule has 0 spiro atoms. The number of hydrogen-bond donors (Lipinski definition) is 1. The van der Waals surface area contributed by atoms with Crippen LogP contribution in [0.15, 0.2) is 64.4 Å². The van der Waals surface area contributed by atoms with Crippen LogP contribution in [0, 0.1) is 5.92 Å². The molecule has 0 bridgehead atoms. The van der Waals surface area contributed by atoms with Gasteiger partial charge in [0.1, 0.15) is 19.8 Å². The van der Waals surface area contributed by atoms with Gasteiger partial charge in [-0.15, -0.1) is 0 Å². The predicted octanol–water partition coefficient (Wildman–Crippen LogP) is 2.47. The fraction of sp³-hybridized carbons (Fsp3) is 0.308. The highest BCUT2D eigenvalue weighted by molar-refractivity contribution is 5.91. The van der Waals surface area contributed by atoms with E-state index in [2.05, 4.69) is 10.3 Å². The van der Waals surface area contributed by atoms with E-state index in [0.29, 0.717) is 48.1 Å². The minimum absolute atomic E-state index is 0.221. The van der Waals surface area contributed by atoms with Gasteiger partial charge in [0.2, 0.25) is 5.91 Å². The number of nitrogens with one attached hydrogen (secondary N) is 1. The van der Waals surface area contributed by atoms with E-state index in [1.807, 2.05) is 44.2 Å². The van der Waals surface area contributed by atoms with Crippen molar-refractivity contribution in [2.45, 2.75) is 33.5 Å². The zero-order valence-corrected chi connectivity index (χ0v) is 20.1. The normalized spacial score (nSPS) is 12.8. The third-order valence-corrected chi connectivity index (χ3v) is 5.86. The van der Waals surface area contributed by atoms with E-state index in [1.54, 1.807) is 29.1 Å². The second-order valence-electron chi connectivity index (χ2n) is 9.12. The molecule has 1 N–H and O–H groups in total. The first-order chi connectivity index (χ1) is 17.4. The van der Waals surface area contributed by atoms with Gasteiger partial charge in [-0.25, -0.2) is 14.3 Å². The van der Waals surface area contributed by atoms with Gasteiger partial charge in [0.25, 0.3) is 5.56 Å². The Bertz CT molecular complexity index is 1530. The Kier molecular flexibility index (Phi) is 6.32. The van der Waals surface area contributed by atoms with E-state index in [0.717, 1.165) is 10.1 Å². The van der Waals surface area contributed by atoms with E-state index in [9.17, 15) is 14.4 Å². The van der Waals surface area contributed by atoms with Gasteiger partial charge in [-0.05, 0) is 23.6 Å². The van der Waals surface area contributed by atoms with E-state index in [1.165, 1.54) is 4.57 Å². The Morgan fingerprint density at radius 2 is 1.78 bits per heavy atom. The Morgan fingerprint density at radius 3 is 2.53 bits per heavy atom. The molecule has 0 aliphatic carbocycles. The lowest BCUT2D eigenvalue weighted by Gasteiger charge is -2.19. The summed E-state index contributed by atoms with van der Waals surface area (Å²) < 4.78 is 15.2. The van der Waals surface area contributed by atoms with E-state index in [-0.39, 0.29) is 12.5 Å². The van der Waals surface area contributed by atoms with Crippen LogP contribution in [0.4, 0.5) is 5.69 Å². The summed E-state index contributed by atoms with van der Waals surface area (Å²) in [6, 6.07) is 14.5. The topological polar surface area (TPSA) is 109 Å². The molecular weight excluding hydrogens is 462 g/mol. The van der Waals surface area contributed by atoms with Crippen LogP contribution in [0.25, 0.3) is 11.2 Å². The van der Waals surface area contributed by atoms with Crippen LogP contribution < -0.4 is 26.0 Å². The summed E-state index contributed by atoms with van der Waals surface area (Å²) in [7, 11) is 0. The fourth-order valence-electron chi connectivity index (χ4n) is 4.28. The van der Waals surface area contributed by atoms with Crippen molar-refractivity contribution in [3.8, 4) is 11.5 Å². The number of nitrogens with zero attached hydrogens (tertiary/aromatic N) is 4. The fourth-order valence-corrected chi connectivity index (χ4v) is 4.28. The molecule has 186 valence electrons. The highest BCUT2D eigenvalue weighted by Crippen LogP contribution is 2.32. The standard InChI is InChI=1S/C26H27N5O5/c1-17(2)13-29-16-27-24-23(29)25(33)31(26(34)30(24)14-18-6-4-3-5-7-18)15-22(32)28-19-8-9-20-21(12-19)36-11-10-35-20/h3-9,12,16-17H,10-11,13-15H2,1-2H3,(H,28,32). The Morgan fingerprint density at radius 1 is 1.03 bits per heavy atom. The first kappa shape index (κ1) is 23.4. The number of hydrogen-bond acceptors (Lipinski definition) is 6. The van der Waals surface area contributed by atoms with Gasteiger partial charge < -0.3 is 19.4 Å². The number of imidazole rings is 1. The van der Waals surface area contributed by atoms with Crippen molar-refractivity contribution in [1.82, 2.24) is 18.7 Å². The lowest BCUT2D eigenvalue weighted by Crippen LogP contribution is -2.43. The van der Waals surface area contributed by atoms with Crippen molar-refractivity contribution >= 4 is 22.8 Å². The molecule has 10 nitrogen and oxygen atoms in total. The SMILES string of the molecule is CC(C)Cn1cnc2c1c(=O)n(CC(=O)Nc1ccc3c(c1)OCCO3)c(=O)n2Cc1ccccc1. The second-order valence-corrected chi connectivity index (χ2v) is 9.12. The molecule has 1 amide bonds. The maximum absolute atomic E-state index is 13.5. The predicted molar refractivity (Wildman–Crippen MR) is 135 cm³/mol. The van der Waals surface area contributed by atoms with E-state index < -0.39 is 23.7 Å². The Hall–Kier alpha value is -4.34. The minimum atomic E-state index is -0.594. The number of amides is 1. The molecule has 0 fully saturated rings. The number of fused-ring (bicyclic) bond motifs is 2. The minimum Gasteiger partial charge on any atom is -0.486 e. The maximum Gasteiger partial charge on any atom is 0.333 e. The van der Waals surface area contributed by atoms with Crippen LogP contribution in [0.3, 0.4) is 0 Å². The molecule has 3 heterocycles. The van der Waals surface area contributed by atoms with Gasteiger partial charge >= 0.3 is 5.69 Å². The van der Waals surface area contributed by atoms with E-state index >= 15 is 0 Å². The van der Waals surface area contributed by atoms with Crippen molar-refractivity contribution < 1.29 is 14.3 Å². The number of carbonyl (C=O) groups excluding carboxylic acids is 1. The zero-order chi connectivity index (χ0) is 25.2. The summed E-state index contributed by atoms with van der Waals surface area (Å²) >= 11 is 0. The summed E-state index contributed by atoms with van der Waals surface area (Å²) in [5.41, 5.74) is 0.820. The molecule has 0 saturated heterocycles. The van der Waals surface area contributed by atoms with Gasteiger partial charge in [-0.3, -0.25) is 14.2 Å². The third-order valence-electron chi connectivity index (χ3n) is 5.86. The van der Waals surface area contributed by atoms with Crippen LogP contribution in [0.1, 0.15) is 19.4 Å². The molecule has 2 aromatic heterocycles. The van der Waals surface area contributed by atoms with Gasteiger partial charge in [-0.2, -0.15) is 0 Å². The molecule has 5 rings (SSSR count). The molecule has 0 unspecified atom stereocenters. The molecule has 0 radical (unpaired) electrons. The molecule has 1 aliphatic rings. The van der Waals surface area contributed by atoms with Crippen LogP contribution >= 0.6 is 0 Å². The molecule has 1 aliphatic heterocycles. The average molecular weight is 490 g/mol. The van der Waals surface area contributed by atoms with Crippen LogP contribution in [-0.4, -0.2) is 37.8 Å². The summed E-state index contributed by atoms with van der Waals surface area (Å²) in [5, 5.41) is 2.75. The zero-order valence-electron chi connectivity index (χ0n) is 20.1. The number of carbonyl (C=O) groups is 1. The van der Waals surface area contributed by atoms with Crippen LogP contribution in [-0.2, 0) is 24.4 Å². The van der Waals surface area contributed by atoms with Crippen molar-refractivity contribution in [1.29, 1.82) is 0 Å². The van der Waals surface area contributed by atoms with Gasteiger partial charge in [-0.1, -0.05) is 44.2 Å². The summed E-state index contributed by atoms with van der Waals surface area (Å²) in [5.74, 6) is 0.873. The molecular formula is C26H27N5O5. The lowest BCUT2D eigenvalue weighted by atomic mass is 10.2. The quantitative estimate of drug-likeness (QED) is 0.427. The second kappa shape index (κ2) is 9.73. The van der Waals surface area contributed by atoms with Crippen molar-refractivity contribution in [3.05, 3.63) is 81.3 Å². The summed E-state index contributed by atoms with van der Waals surface area (Å²) in [6.07, 6.45) is 1.58. The smallest absolute Gasteiger partial charge is 0.333 e. The monoisotopic (exact) mass is 489 g/mol. The largest absolute Gasteiger partial charge is 0.486 e. The number of ether oxygens (including phenoxy) is 2. The number of aromatic nitrogens is 4. The van der Waals surface area contributed by atoms with Crippen LogP contribution in [0.5, 0.6) is 11.5 Å². The van der Waals surface area contributed by atoms with E-state index in [4.69, 9.17) is 9.47 Å². The van der Waals surface area contributed by atoms with Gasteiger partial charge in [0.15, 0.2) is 22.7 Å². The van der Waals surface area contributed by atoms with Crippen molar-refractivity contribution in [3.63, 3.8) is 0 Å². The third kappa shape index (κ3) is 4.61. The number of anilines is 1. The first-order valence-electron chi connectivity index (χ1n) is 11.8. The van der Waals surface area contributed by atoms with Crippen molar-refractivity contribution in [2.24, 2.45) is 5.92 Å². The highest BCUT2D eigenvalue weighted by atomic mass is 16.6. The summed E-state index contributed by atoms with van der Waals surface area (Å²) in [4.78, 5) is 44.3. The number of benzene rings is 2. The highest BCUT2D eigenvalue weighted by Gasteiger charge is 2.21. The maximum atomic E-state index is 13.5. The summed E-state index contributed by atoms with van der Waals surface area (Å²) in [6.45, 7) is 5.29. The molecule has 0 atom stereocenters. The van der Waals surface area contributed by atoms with Crippen LogP contribution in [0.2, 0.25) is 0 Å². The van der Waals surface area contributed by atoms with Gasteiger partial charge in [0, 0.05) is 18.3 Å². The molecule has 2 aromatic carbocycles. The molecule has 10 heteroatoms. The number of rotatable bonds is 7. The molecule has 36 heavy (non-hydrogen) atoms. The van der Waals surface area contributed by atoms with Gasteiger partial charge in [0.05, 0.1) is 12.9 Å². The average Bonchev–Trinajstić information content (AvgIpc) is 3.28.